The van der Waals surface area contributed by atoms with Crippen molar-refractivity contribution < 1.29 is 19.4 Å². The molecule has 0 unspecified atom stereocenters. The number of carboxylic acids is 1. The number of carbonyl (C=O) groups is 2. The fourth-order valence-corrected chi connectivity index (χ4v) is 3.40. The van der Waals surface area contributed by atoms with Crippen molar-refractivity contribution in [3.8, 4) is 11.1 Å². The van der Waals surface area contributed by atoms with E-state index in [1.54, 1.807) is 12.1 Å². The molecule has 2 heterocycles. The molecule has 1 amide bonds. The van der Waals surface area contributed by atoms with E-state index < -0.39 is 5.97 Å². The van der Waals surface area contributed by atoms with Gasteiger partial charge in [0.1, 0.15) is 12.7 Å². The number of nitrogens with one attached hydrogen (secondary N) is 2. The lowest BCUT2D eigenvalue weighted by Gasteiger charge is -2.23. The highest BCUT2D eigenvalue weighted by Crippen LogP contribution is 2.34. The largest absolute Gasteiger partial charge is 0.478 e. The molecule has 1 aliphatic heterocycles. The summed E-state index contributed by atoms with van der Waals surface area (Å²) in [7, 11) is 0. The Hall–Kier alpha value is -2.83. The van der Waals surface area contributed by atoms with Crippen LogP contribution in [-0.2, 0) is 9.53 Å². The number of aromatic amines is 1. The smallest absolute Gasteiger partial charge is 0.337 e. The van der Waals surface area contributed by atoms with Gasteiger partial charge in [-0.25, -0.2) is 4.79 Å². The van der Waals surface area contributed by atoms with Crippen LogP contribution >= 0.6 is 11.6 Å². The summed E-state index contributed by atoms with van der Waals surface area (Å²) in [5, 5.41) is 13.2. The molecule has 0 radical (unpaired) electrons. The number of hydrogen-bond donors (Lipinski definition) is 3. The van der Waals surface area contributed by atoms with Crippen molar-refractivity contribution in [1.29, 1.82) is 0 Å². The average molecular weight is 371 g/mol. The van der Waals surface area contributed by atoms with Crippen LogP contribution in [0.3, 0.4) is 0 Å². The Kier molecular flexibility index (Phi) is 4.14. The molecule has 1 aliphatic rings. The van der Waals surface area contributed by atoms with Gasteiger partial charge in [0.05, 0.1) is 10.6 Å². The molecule has 132 valence electrons. The van der Waals surface area contributed by atoms with E-state index in [1.807, 2.05) is 24.3 Å². The predicted octanol–water partition coefficient (Wildman–Crippen LogP) is 3.37. The van der Waals surface area contributed by atoms with Crippen LogP contribution in [0.25, 0.3) is 22.0 Å². The molecule has 1 fully saturated rings. The van der Waals surface area contributed by atoms with Gasteiger partial charge in [-0.05, 0) is 23.3 Å². The first kappa shape index (κ1) is 16.6. The van der Waals surface area contributed by atoms with Crippen LogP contribution in [0.4, 0.5) is 0 Å². The summed E-state index contributed by atoms with van der Waals surface area (Å²) < 4.78 is 5.53. The van der Waals surface area contributed by atoms with E-state index in [9.17, 15) is 14.7 Å². The Morgan fingerprint density at radius 1 is 1.23 bits per heavy atom. The Balaban J connectivity index is 1.68. The first-order chi connectivity index (χ1) is 12.5. The highest BCUT2D eigenvalue weighted by molar-refractivity contribution is 6.34. The minimum absolute atomic E-state index is 0.0559. The number of benzene rings is 2. The third-order valence-electron chi connectivity index (χ3n) is 4.49. The lowest BCUT2D eigenvalue weighted by molar-refractivity contribution is -0.133. The van der Waals surface area contributed by atoms with Gasteiger partial charge in [0.2, 0.25) is 5.91 Å². The molecule has 2 aromatic carbocycles. The molecular weight excluding hydrogens is 356 g/mol. The van der Waals surface area contributed by atoms with E-state index in [4.69, 9.17) is 16.3 Å². The molecule has 0 saturated carbocycles. The summed E-state index contributed by atoms with van der Waals surface area (Å²) in [5.74, 6) is -1.10. The maximum atomic E-state index is 11.4. The van der Waals surface area contributed by atoms with Crippen molar-refractivity contribution in [2.75, 3.05) is 13.2 Å². The molecule has 0 aliphatic carbocycles. The maximum Gasteiger partial charge on any atom is 0.337 e. The van der Waals surface area contributed by atoms with Crippen LogP contribution in [0.1, 0.15) is 22.0 Å². The molecule has 26 heavy (non-hydrogen) atoms. The fourth-order valence-electron chi connectivity index (χ4n) is 3.13. The second-order valence-electron chi connectivity index (χ2n) is 6.11. The number of morpholine rings is 1. The molecule has 1 aromatic heterocycles. The minimum atomic E-state index is -0.989. The van der Waals surface area contributed by atoms with E-state index >= 15 is 0 Å². The van der Waals surface area contributed by atoms with Gasteiger partial charge in [-0.15, -0.1) is 0 Å². The van der Waals surface area contributed by atoms with Gasteiger partial charge >= 0.3 is 5.97 Å². The second-order valence-corrected chi connectivity index (χ2v) is 6.52. The lowest BCUT2D eigenvalue weighted by atomic mass is 9.99. The molecule has 6 nitrogen and oxygen atoms in total. The van der Waals surface area contributed by atoms with Crippen molar-refractivity contribution in [2.45, 2.75) is 6.10 Å². The number of rotatable bonds is 3. The van der Waals surface area contributed by atoms with Gasteiger partial charge in [-0.2, -0.15) is 0 Å². The molecule has 4 rings (SSSR count). The fraction of sp³-hybridized carbons (Fsp3) is 0.158. The highest BCUT2D eigenvalue weighted by atomic mass is 35.5. The maximum absolute atomic E-state index is 11.4. The van der Waals surface area contributed by atoms with Crippen molar-refractivity contribution in [3.63, 3.8) is 0 Å². The number of H-pyrrole nitrogens is 1. The van der Waals surface area contributed by atoms with Crippen LogP contribution < -0.4 is 5.32 Å². The molecule has 1 atom stereocenters. The van der Waals surface area contributed by atoms with Crippen LogP contribution in [0.2, 0.25) is 5.02 Å². The molecule has 3 N–H and O–H groups in total. The molecular formula is C19H15ClN2O4. The number of amides is 1. The molecule has 1 saturated heterocycles. The van der Waals surface area contributed by atoms with Gasteiger partial charge in [-0.1, -0.05) is 35.9 Å². The van der Waals surface area contributed by atoms with Crippen LogP contribution in [0.5, 0.6) is 0 Å². The first-order valence-corrected chi connectivity index (χ1v) is 8.43. The molecule has 0 spiro atoms. The number of carbonyl (C=O) groups excluding carboxylic acids is 1. The molecule has 0 bridgehead atoms. The summed E-state index contributed by atoms with van der Waals surface area (Å²) in [6, 6.07) is 11.2. The minimum Gasteiger partial charge on any atom is -0.478 e. The SMILES string of the molecule is O=C1CO[C@@H](c2ccc(-c3cc4c(C(=O)O)c[nH]c4cc3Cl)cc2)CN1. The third kappa shape index (κ3) is 2.94. The standard InChI is InChI=1S/C19H15ClN2O4/c20-15-6-16-13(14(7-21-16)19(24)25)5-12(15)10-1-3-11(4-2-10)17-8-22-18(23)9-26-17/h1-7,17,21H,8-9H2,(H,22,23)(H,24,25)/t17-/m1/s1. The van der Waals surface area contributed by atoms with E-state index in [2.05, 4.69) is 10.3 Å². The predicted molar refractivity (Wildman–Crippen MR) is 97.4 cm³/mol. The van der Waals surface area contributed by atoms with Crippen LogP contribution in [-0.4, -0.2) is 35.1 Å². The summed E-state index contributed by atoms with van der Waals surface area (Å²) in [6.45, 7) is 0.497. The zero-order chi connectivity index (χ0) is 18.3. The average Bonchev–Trinajstić information content (AvgIpc) is 3.05. The summed E-state index contributed by atoms with van der Waals surface area (Å²) in [5.41, 5.74) is 3.47. The number of ether oxygens (including phenoxy) is 1. The Morgan fingerprint density at radius 2 is 2.00 bits per heavy atom. The summed E-state index contributed by atoms with van der Waals surface area (Å²) in [6.07, 6.45) is 1.29. The zero-order valence-corrected chi connectivity index (χ0v) is 14.3. The normalized spacial score (nSPS) is 17.3. The molecule has 3 aromatic rings. The third-order valence-corrected chi connectivity index (χ3v) is 4.81. The number of fused-ring (bicyclic) bond motifs is 1. The van der Waals surface area contributed by atoms with E-state index in [-0.39, 0.29) is 24.2 Å². The Morgan fingerprint density at radius 3 is 2.65 bits per heavy atom. The molecule has 7 heteroatoms. The van der Waals surface area contributed by atoms with Crippen LogP contribution in [0.15, 0.2) is 42.6 Å². The lowest BCUT2D eigenvalue weighted by Crippen LogP contribution is -2.38. The number of hydrogen-bond acceptors (Lipinski definition) is 3. The van der Waals surface area contributed by atoms with E-state index in [0.29, 0.717) is 22.5 Å². The summed E-state index contributed by atoms with van der Waals surface area (Å²) in [4.78, 5) is 25.5. The first-order valence-electron chi connectivity index (χ1n) is 8.05. The van der Waals surface area contributed by atoms with Crippen molar-refractivity contribution in [2.24, 2.45) is 0 Å². The monoisotopic (exact) mass is 370 g/mol. The van der Waals surface area contributed by atoms with Gasteiger partial charge in [0, 0.05) is 29.2 Å². The van der Waals surface area contributed by atoms with E-state index in [0.717, 1.165) is 16.7 Å². The Labute approximate surface area is 153 Å². The van der Waals surface area contributed by atoms with Gasteiger partial charge < -0.3 is 20.1 Å². The second kappa shape index (κ2) is 6.48. The number of halogens is 1. The zero-order valence-electron chi connectivity index (χ0n) is 13.6. The number of aromatic nitrogens is 1. The highest BCUT2D eigenvalue weighted by Gasteiger charge is 2.20. The Bertz CT molecular complexity index is 1000. The van der Waals surface area contributed by atoms with Gasteiger partial charge in [-0.3, -0.25) is 4.79 Å². The van der Waals surface area contributed by atoms with Crippen molar-refractivity contribution >= 4 is 34.4 Å². The quantitative estimate of drug-likeness (QED) is 0.659. The van der Waals surface area contributed by atoms with Gasteiger partial charge in [0.15, 0.2) is 0 Å². The topological polar surface area (TPSA) is 91.4 Å². The van der Waals surface area contributed by atoms with Crippen LogP contribution in [0, 0.1) is 0 Å². The number of carboxylic acid groups (broad SMARTS) is 1. The van der Waals surface area contributed by atoms with E-state index in [1.165, 1.54) is 6.20 Å². The summed E-state index contributed by atoms with van der Waals surface area (Å²) >= 11 is 6.39. The van der Waals surface area contributed by atoms with Crippen molar-refractivity contribution in [3.05, 3.63) is 58.7 Å². The van der Waals surface area contributed by atoms with Crippen molar-refractivity contribution in [1.82, 2.24) is 10.3 Å². The number of aromatic carboxylic acids is 1. The van der Waals surface area contributed by atoms with Gasteiger partial charge in [0.25, 0.3) is 0 Å².